The van der Waals surface area contributed by atoms with Crippen LogP contribution in [-0.4, -0.2) is 5.91 Å². The molecule has 0 radical (unpaired) electrons. The lowest BCUT2D eigenvalue weighted by molar-refractivity contribution is -0.115. The third kappa shape index (κ3) is 4.01. The molecule has 0 saturated carbocycles. The Morgan fingerprint density at radius 1 is 1.14 bits per heavy atom. The van der Waals surface area contributed by atoms with Crippen molar-refractivity contribution in [2.24, 2.45) is 0 Å². The molecule has 2 aromatic carbocycles. The second-order valence-electron chi connectivity index (χ2n) is 4.33. The maximum atomic E-state index is 13.1. The van der Waals surface area contributed by atoms with Crippen molar-refractivity contribution in [2.75, 3.05) is 11.1 Å². The highest BCUT2D eigenvalue weighted by Gasteiger charge is 2.12. The van der Waals surface area contributed by atoms with Gasteiger partial charge in [-0.1, -0.05) is 22.0 Å². The Morgan fingerprint density at radius 2 is 1.86 bits per heavy atom. The third-order valence-corrected chi connectivity index (χ3v) is 3.78. The number of hydrogen-bond acceptors (Lipinski definition) is 2. The molecule has 0 spiro atoms. The fourth-order valence-electron chi connectivity index (χ4n) is 1.74. The highest BCUT2D eigenvalue weighted by atomic mass is 79.9. The van der Waals surface area contributed by atoms with E-state index in [1.54, 1.807) is 12.1 Å². The van der Waals surface area contributed by atoms with E-state index >= 15 is 0 Å². The van der Waals surface area contributed by atoms with Gasteiger partial charge in [-0.15, -0.1) is 0 Å². The molecule has 0 aliphatic rings. The van der Waals surface area contributed by atoms with Gasteiger partial charge in [-0.05, 0) is 45.8 Å². The molecule has 0 aromatic heterocycles. The summed E-state index contributed by atoms with van der Waals surface area (Å²) in [6.45, 7) is 0. The minimum absolute atomic E-state index is 0.0842. The quantitative estimate of drug-likeness (QED) is 0.730. The summed E-state index contributed by atoms with van der Waals surface area (Å²) < 4.78 is 27.3. The van der Waals surface area contributed by atoms with Gasteiger partial charge in [0.05, 0.1) is 17.8 Å². The molecule has 0 bridgehead atoms. The molecule has 1 amide bonds. The fraction of sp³-hybridized carbons (Fsp3) is 0.0714. The van der Waals surface area contributed by atoms with Gasteiger partial charge in [0.1, 0.15) is 0 Å². The second kappa shape index (κ2) is 6.53. The number of benzene rings is 2. The number of nitrogen functional groups attached to an aromatic ring is 1. The standard InChI is InChI=1S/C14H10Br2F2N2O/c15-8-5-9(16)14(12(19)6-8)20-13(21)4-7-1-2-10(17)11(18)3-7/h1-3,5-6H,4,19H2,(H,20,21). The van der Waals surface area contributed by atoms with E-state index in [2.05, 4.69) is 37.2 Å². The molecule has 0 atom stereocenters. The summed E-state index contributed by atoms with van der Waals surface area (Å²) >= 11 is 6.58. The van der Waals surface area contributed by atoms with Crippen LogP contribution < -0.4 is 11.1 Å². The summed E-state index contributed by atoms with van der Waals surface area (Å²) in [7, 11) is 0. The third-order valence-electron chi connectivity index (χ3n) is 2.70. The Labute approximate surface area is 136 Å². The van der Waals surface area contributed by atoms with Crippen molar-refractivity contribution in [3.8, 4) is 0 Å². The minimum atomic E-state index is -0.982. The fourth-order valence-corrected chi connectivity index (χ4v) is 3.10. The molecule has 3 nitrogen and oxygen atoms in total. The molecule has 3 N–H and O–H groups in total. The van der Waals surface area contributed by atoms with Crippen LogP contribution in [0.1, 0.15) is 5.56 Å². The summed E-state index contributed by atoms with van der Waals surface area (Å²) in [5, 5.41) is 2.64. The van der Waals surface area contributed by atoms with E-state index in [1.165, 1.54) is 6.07 Å². The van der Waals surface area contributed by atoms with Gasteiger partial charge in [-0.2, -0.15) is 0 Å². The number of halogens is 4. The van der Waals surface area contributed by atoms with Crippen LogP contribution in [0.5, 0.6) is 0 Å². The largest absolute Gasteiger partial charge is 0.397 e. The van der Waals surface area contributed by atoms with Gasteiger partial charge in [-0.3, -0.25) is 4.79 Å². The van der Waals surface area contributed by atoms with E-state index in [4.69, 9.17) is 5.73 Å². The summed E-state index contributed by atoms with van der Waals surface area (Å²) in [5.74, 6) is -2.31. The molecule has 0 aliphatic heterocycles. The highest BCUT2D eigenvalue weighted by molar-refractivity contribution is 9.11. The molecule has 2 rings (SSSR count). The Hall–Kier alpha value is -1.47. The van der Waals surface area contributed by atoms with Gasteiger partial charge >= 0.3 is 0 Å². The molecular formula is C14H10Br2F2N2O. The maximum Gasteiger partial charge on any atom is 0.228 e. The van der Waals surface area contributed by atoms with Crippen LogP contribution in [0, 0.1) is 11.6 Å². The number of anilines is 2. The molecule has 0 saturated heterocycles. The molecule has 0 heterocycles. The van der Waals surface area contributed by atoms with Crippen molar-refractivity contribution in [2.45, 2.75) is 6.42 Å². The first-order valence-electron chi connectivity index (χ1n) is 5.85. The van der Waals surface area contributed by atoms with Gasteiger partial charge in [0.2, 0.25) is 5.91 Å². The monoisotopic (exact) mass is 418 g/mol. The summed E-state index contributed by atoms with van der Waals surface area (Å²) in [4.78, 5) is 12.0. The average Bonchev–Trinajstić information content (AvgIpc) is 2.38. The molecule has 0 aliphatic carbocycles. The molecule has 21 heavy (non-hydrogen) atoms. The summed E-state index contributed by atoms with van der Waals surface area (Å²) in [6, 6.07) is 6.73. The molecule has 0 unspecified atom stereocenters. The average molecular weight is 420 g/mol. The summed E-state index contributed by atoms with van der Waals surface area (Å²) in [5.41, 5.74) is 7.02. The predicted molar refractivity (Wildman–Crippen MR) is 84.9 cm³/mol. The SMILES string of the molecule is Nc1cc(Br)cc(Br)c1NC(=O)Cc1ccc(F)c(F)c1. The zero-order valence-electron chi connectivity index (χ0n) is 10.6. The normalized spacial score (nSPS) is 10.5. The lowest BCUT2D eigenvalue weighted by atomic mass is 10.1. The number of nitrogens with two attached hydrogens (primary N) is 1. The number of nitrogens with one attached hydrogen (secondary N) is 1. The van der Waals surface area contributed by atoms with Crippen molar-refractivity contribution in [1.29, 1.82) is 0 Å². The Morgan fingerprint density at radius 3 is 2.48 bits per heavy atom. The van der Waals surface area contributed by atoms with Crippen LogP contribution in [0.25, 0.3) is 0 Å². The zero-order chi connectivity index (χ0) is 15.6. The lowest BCUT2D eigenvalue weighted by Gasteiger charge is -2.11. The van der Waals surface area contributed by atoms with Crippen LogP contribution in [0.3, 0.4) is 0 Å². The number of hydrogen-bond donors (Lipinski definition) is 2. The predicted octanol–water partition coefficient (Wildman–Crippen LogP) is 4.25. The number of carbonyl (C=O) groups is 1. The molecule has 2 aromatic rings. The topological polar surface area (TPSA) is 55.1 Å². The first-order valence-corrected chi connectivity index (χ1v) is 7.43. The lowest BCUT2D eigenvalue weighted by Crippen LogP contribution is -2.16. The van der Waals surface area contributed by atoms with Gasteiger partial charge in [-0.25, -0.2) is 8.78 Å². The van der Waals surface area contributed by atoms with Crippen LogP contribution in [0.4, 0.5) is 20.2 Å². The van der Waals surface area contributed by atoms with Crippen molar-refractivity contribution in [1.82, 2.24) is 0 Å². The van der Waals surface area contributed by atoms with Gasteiger partial charge in [0.25, 0.3) is 0 Å². The second-order valence-corrected chi connectivity index (χ2v) is 6.10. The summed E-state index contributed by atoms with van der Waals surface area (Å²) in [6.07, 6.45) is -0.0842. The first-order chi connectivity index (χ1) is 9.86. The Balaban J connectivity index is 2.13. The number of amides is 1. The van der Waals surface area contributed by atoms with E-state index in [0.29, 0.717) is 21.4 Å². The molecule has 110 valence electrons. The molecule has 0 fully saturated rings. The van der Waals surface area contributed by atoms with E-state index in [1.807, 2.05) is 0 Å². The van der Waals surface area contributed by atoms with Crippen molar-refractivity contribution < 1.29 is 13.6 Å². The maximum absolute atomic E-state index is 13.1. The van der Waals surface area contributed by atoms with Gasteiger partial charge in [0, 0.05) is 8.95 Å². The van der Waals surface area contributed by atoms with Crippen LogP contribution >= 0.6 is 31.9 Å². The highest BCUT2D eigenvalue weighted by Crippen LogP contribution is 2.32. The molecule has 7 heteroatoms. The van der Waals surface area contributed by atoms with E-state index < -0.39 is 11.6 Å². The van der Waals surface area contributed by atoms with Crippen molar-refractivity contribution >= 4 is 49.1 Å². The number of rotatable bonds is 3. The smallest absolute Gasteiger partial charge is 0.228 e. The Bertz CT molecular complexity index is 684. The first kappa shape index (κ1) is 15.9. The Kier molecular flexibility index (Phi) is 4.95. The van der Waals surface area contributed by atoms with E-state index in [0.717, 1.165) is 16.6 Å². The van der Waals surface area contributed by atoms with Crippen LogP contribution in [-0.2, 0) is 11.2 Å². The van der Waals surface area contributed by atoms with Crippen LogP contribution in [0.2, 0.25) is 0 Å². The number of carbonyl (C=O) groups excluding carboxylic acids is 1. The minimum Gasteiger partial charge on any atom is -0.397 e. The zero-order valence-corrected chi connectivity index (χ0v) is 13.8. The molecular weight excluding hydrogens is 410 g/mol. The van der Waals surface area contributed by atoms with Crippen LogP contribution in [0.15, 0.2) is 39.3 Å². The van der Waals surface area contributed by atoms with Gasteiger partial charge < -0.3 is 11.1 Å². The van der Waals surface area contributed by atoms with E-state index in [-0.39, 0.29) is 12.3 Å². The van der Waals surface area contributed by atoms with Crippen molar-refractivity contribution in [3.05, 3.63) is 56.5 Å². The van der Waals surface area contributed by atoms with E-state index in [9.17, 15) is 13.6 Å². The van der Waals surface area contributed by atoms with Gasteiger partial charge in [0.15, 0.2) is 11.6 Å². The van der Waals surface area contributed by atoms with Crippen molar-refractivity contribution in [3.63, 3.8) is 0 Å².